The largest absolute Gasteiger partial charge is 0.385 e. The molecule has 0 amide bonds. The fraction of sp³-hybridized carbons (Fsp3) is 0.250. The van der Waals surface area contributed by atoms with Crippen LogP contribution in [0.4, 0.5) is 0 Å². The maximum absolute atomic E-state index is 10.7. The second-order valence-electron chi connectivity index (χ2n) is 4.70. The average molecular weight is 226 g/mol. The van der Waals surface area contributed by atoms with E-state index in [1.807, 2.05) is 38.1 Å². The van der Waals surface area contributed by atoms with Gasteiger partial charge in [-0.1, -0.05) is 55.5 Å². The van der Waals surface area contributed by atoms with Crippen molar-refractivity contribution in [2.75, 3.05) is 0 Å². The molecule has 88 valence electrons. The molecule has 0 fully saturated rings. The zero-order valence-electron chi connectivity index (χ0n) is 10.4. The van der Waals surface area contributed by atoms with Crippen molar-refractivity contribution >= 4 is 10.8 Å². The molecule has 0 bridgehead atoms. The molecule has 0 aromatic heterocycles. The lowest BCUT2D eigenvalue weighted by atomic mass is 9.82. The van der Waals surface area contributed by atoms with Gasteiger partial charge in [0.15, 0.2) is 0 Å². The quantitative estimate of drug-likeness (QED) is 0.788. The van der Waals surface area contributed by atoms with Gasteiger partial charge in [0.25, 0.3) is 0 Å². The Morgan fingerprint density at radius 1 is 1.18 bits per heavy atom. The van der Waals surface area contributed by atoms with Gasteiger partial charge in [-0.05, 0) is 23.3 Å². The van der Waals surface area contributed by atoms with E-state index in [2.05, 4.69) is 24.8 Å². The summed E-state index contributed by atoms with van der Waals surface area (Å²) in [4.78, 5) is 0. The smallest absolute Gasteiger partial charge is 0.0934 e. The van der Waals surface area contributed by atoms with Crippen molar-refractivity contribution < 1.29 is 5.11 Å². The van der Waals surface area contributed by atoms with Crippen LogP contribution in [-0.4, -0.2) is 5.11 Å². The van der Waals surface area contributed by atoms with Gasteiger partial charge in [-0.15, -0.1) is 6.58 Å². The van der Waals surface area contributed by atoms with E-state index in [0.717, 1.165) is 16.3 Å². The van der Waals surface area contributed by atoms with Crippen LogP contribution in [0.5, 0.6) is 0 Å². The summed E-state index contributed by atoms with van der Waals surface area (Å²) in [6, 6.07) is 14.2. The van der Waals surface area contributed by atoms with Crippen molar-refractivity contribution in [1.29, 1.82) is 0 Å². The zero-order valence-corrected chi connectivity index (χ0v) is 10.4. The highest BCUT2D eigenvalue weighted by Crippen LogP contribution is 2.34. The molecule has 0 aliphatic carbocycles. The zero-order chi connectivity index (χ0) is 12.5. The molecule has 0 saturated heterocycles. The fourth-order valence-electron chi connectivity index (χ4n) is 2.14. The van der Waals surface area contributed by atoms with Gasteiger partial charge in [0.2, 0.25) is 0 Å². The average Bonchev–Trinajstić information content (AvgIpc) is 2.37. The predicted molar refractivity (Wildman–Crippen MR) is 72.9 cm³/mol. The molecular weight excluding hydrogens is 208 g/mol. The molecule has 2 aromatic rings. The molecule has 1 heteroatoms. The summed E-state index contributed by atoms with van der Waals surface area (Å²) in [5.41, 5.74) is 0.0748. The van der Waals surface area contributed by atoms with Gasteiger partial charge in [0, 0.05) is 5.92 Å². The summed E-state index contributed by atoms with van der Waals surface area (Å²) >= 11 is 0. The van der Waals surface area contributed by atoms with Gasteiger partial charge in [-0.3, -0.25) is 0 Å². The second kappa shape index (κ2) is 4.34. The molecule has 2 rings (SSSR count). The van der Waals surface area contributed by atoms with E-state index < -0.39 is 5.60 Å². The van der Waals surface area contributed by atoms with E-state index >= 15 is 0 Å². The van der Waals surface area contributed by atoms with Crippen LogP contribution in [0.3, 0.4) is 0 Å². The first-order chi connectivity index (χ1) is 8.07. The summed E-state index contributed by atoms with van der Waals surface area (Å²) in [6.45, 7) is 7.60. The first-order valence-corrected chi connectivity index (χ1v) is 5.90. The molecule has 0 heterocycles. The van der Waals surface area contributed by atoms with Crippen molar-refractivity contribution in [3.63, 3.8) is 0 Å². The maximum Gasteiger partial charge on any atom is 0.0934 e. The van der Waals surface area contributed by atoms with Crippen LogP contribution in [0.15, 0.2) is 55.1 Å². The molecule has 17 heavy (non-hydrogen) atoms. The van der Waals surface area contributed by atoms with E-state index in [9.17, 15) is 5.11 Å². The van der Waals surface area contributed by atoms with E-state index in [1.165, 1.54) is 0 Å². The van der Waals surface area contributed by atoms with Crippen LogP contribution in [0, 0.1) is 5.92 Å². The van der Waals surface area contributed by atoms with E-state index in [0.29, 0.717) is 0 Å². The van der Waals surface area contributed by atoms with Gasteiger partial charge >= 0.3 is 0 Å². The predicted octanol–water partition coefficient (Wildman–Crippen LogP) is 3.87. The van der Waals surface area contributed by atoms with Gasteiger partial charge in [0.05, 0.1) is 5.60 Å². The molecule has 1 nitrogen and oxygen atoms in total. The Balaban J connectivity index is 2.66. The van der Waals surface area contributed by atoms with E-state index in [1.54, 1.807) is 6.08 Å². The SMILES string of the molecule is C=C[C@@H](C)[C@](C)(O)c1cccc2ccccc12. The Morgan fingerprint density at radius 3 is 2.53 bits per heavy atom. The number of rotatable bonds is 3. The lowest BCUT2D eigenvalue weighted by Gasteiger charge is -2.30. The monoisotopic (exact) mass is 226 g/mol. The van der Waals surface area contributed by atoms with Crippen molar-refractivity contribution in [2.45, 2.75) is 19.4 Å². The third-order valence-electron chi connectivity index (χ3n) is 3.58. The minimum atomic E-state index is -0.886. The maximum atomic E-state index is 10.7. The van der Waals surface area contributed by atoms with Gasteiger partial charge in [-0.2, -0.15) is 0 Å². The standard InChI is InChI=1S/C16H18O/c1-4-12(2)16(3,17)15-11-7-9-13-8-5-6-10-14(13)15/h4-12,17H,1H2,2-3H3/t12-,16+/m1/s1. The van der Waals surface area contributed by atoms with Crippen LogP contribution in [0.25, 0.3) is 10.8 Å². The van der Waals surface area contributed by atoms with E-state index in [-0.39, 0.29) is 5.92 Å². The molecule has 0 aliphatic heterocycles. The minimum Gasteiger partial charge on any atom is -0.385 e. The van der Waals surface area contributed by atoms with Crippen LogP contribution >= 0.6 is 0 Å². The molecule has 0 unspecified atom stereocenters. The Hall–Kier alpha value is -1.60. The lowest BCUT2D eigenvalue weighted by Crippen LogP contribution is -2.28. The number of hydrogen-bond donors (Lipinski definition) is 1. The second-order valence-corrected chi connectivity index (χ2v) is 4.70. The Bertz CT molecular complexity index is 535. The molecular formula is C16H18O. The molecule has 0 aliphatic rings. The highest BCUT2D eigenvalue weighted by molar-refractivity contribution is 5.86. The molecule has 1 N–H and O–H groups in total. The summed E-state index contributed by atoms with van der Waals surface area (Å²) in [5, 5.41) is 12.9. The van der Waals surface area contributed by atoms with Crippen molar-refractivity contribution in [3.8, 4) is 0 Å². The van der Waals surface area contributed by atoms with Gasteiger partial charge < -0.3 is 5.11 Å². The summed E-state index contributed by atoms with van der Waals surface area (Å²) in [5.74, 6) is 0.00769. The van der Waals surface area contributed by atoms with Crippen LogP contribution in [0.1, 0.15) is 19.4 Å². The van der Waals surface area contributed by atoms with Crippen LogP contribution in [-0.2, 0) is 5.60 Å². The molecule has 0 spiro atoms. The first kappa shape index (κ1) is 11.9. The Labute approximate surface area is 102 Å². The molecule has 0 radical (unpaired) electrons. The Kier molecular flexibility index (Phi) is 3.03. The van der Waals surface area contributed by atoms with Crippen LogP contribution in [0.2, 0.25) is 0 Å². The van der Waals surface area contributed by atoms with Crippen molar-refractivity contribution in [1.82, 2.24) is 0 Å². The third-order valence-corrected chi connectivity index (χ3v) is 3.58. The molecule has 0 saturated carbocycles. The van der Waals surface area contributed by atoms with Gasteiger partial charge in [0.1, 0.15) is 0 Å². The summed E-state index contributed by atoms with van der Waals surface area (Å²) in [6.07, 6.45) is 1.79. The van der Waals surface area contributed by atoms with Crippen molar-refractivity contribution in [3.05, 3.63) is 60.7 Å². The molecule has 2 atom stereocenters. The van der Waals surface area contributed by atoms with Gasteiger partial charge in [-0.25, -0.2) is 0 Å². The minimum absolute atomic E-state index is 0.00769. The van der Waals surface area contributed by atoms with Crippen molar-refractivity contribution in [2.24, 2.45) is 5.92 Å². The third kappa shape index (κ3) is 1.98. The van der Waals surface area contributed by atoms with E-state index in [4.69, 9.17) is 0 Å². The first-order valence-electron chi connectivity index (χ1n) is 5.90. The highest BCUT2D eigenvalue weighted by Gasteiger charge is 2.29. The Morgan fingerprint density at radius 2 is 1.82 bits per heavy atom. The topological polar surface area (TPSA) is 20.2 Å². The highest BCUT2D eigenvalue weighted by atomic mass is 16.3. The number of aliphatic hydroxyl groups is 1. The number of benzene rings is 2. The normalized spacial score (nSPS) is 16.4. The summed E-state index contributed by atoms with van der Waals surface area (Å²) < 4.78 is 0. The summed E-state index contributed by atoms with van der Waals surface area (Å²) in [7, 11) is 0. The fourth-order valence-corrected chi connectivity index (χ4v) is 2.14. The number of fused-ring (bicyclic) bond motifs is 1. The molecule has 2 aromatic carbocycles. The van der Waals surface area contributed by atoms with Crippen LogP contribution < -0.4 is 0 Å². The lowest BCUT2D eigenvalue weighted by molar-refractivity contribution is 0.0220. The number of hydrogen-bond acceptors (Lipinski definition) is 1.